The molecule has 27 heavy (non-hydrogen) atoms. The van der Waals surface area contributed by atoms with E-state index >= 15 is 0 Å². The lowest BCUT2D eigenvalue weighted by Gasteiger charge is -2.15. The molecule has 1 fully saturated rings. The average molecular weight is 394 g/mol. The number of nitrogens with one attached hydrogen (secondary N) is 1. The molecule has 0 saturated carbocycles. The summed E-state index contributed by atoms with van der Waals surface area (Å²) in [5, 5.41) is 3.77. The number of rotatable bonds is 9. The van der Waals surface area contributed by atoms with E-state index in [0.717, 1.165) is 38.1 Å². The third kappa shape index (κ3) is 5.58. The lowest BCUT2D eigenvalue weighted by Crippen LogP contribution is -2.25. The minimum Gasteiger partial charge on any atom is -0.490 e. The Balaban J connectivity index is 1.62. The highest BCUT2D eigenvalue weighted by Gasteiger charge is 2.15. The standard InChI is InChI=1S/C21H25ClFNO3/c1-2-25-21-11-15(12-24-13-16-5-4-10-26-16)8-9-20(21)27-14-17-18(22)6-3-7-19(17)23/h3,6-9,11,16,24H,2,4-5,10,12-14H2,1H3/t16-/m1/s1. The minimum atomic E-state index is -0.379. The van der Waals surface area contributed by atoms with Crippen LogP contribution in [0.5, 0.6) is 11.5 Å². The number of hydrogen-bond donors (Lipinski definition) is 1. The van der Waals surface area contributed by atoms with E-state index in [4.69, 9.17) is 25.8 Å². The van der Waals surface area contributed by atoms with Crippen LogP contribution in [-0.2, 0) is 17.9 Å². The first kappa shape index (κ1) is 19.9. The highest BCUT2D eigenvalue weighted by Crippen LogP contribution is 2.30. The molecule has 4 nitrogen and oxygen atoms in total. The van der Waals surface area contributed by atoms with Crippen LogP contribution in [0.15, 0.2) is 36.4 Å². The van der Waals surface area contributed by atoms with Gasteiger partial charge in [-0.05, 0) is 49.6 Å². The lowest BCUT2D eigenvalue weighted by molar-refractivity contribution is 0.110. The first-order valence-electron chi connectivity index (χ1n) is 9.31. The molecule has 0 radical (unpaired) electrons. The summed E-state index contributed by atoms with van der Waals surface area (Å²) in [6.07, 6.45) is 2.56. The maximum atomic E-state index is 13.9. The fourth-order valence-corrected chi connectivity index (χ4v) is 3.27. The highest BCUT2D eigenvalue weighted by molar-refractivity contribution is 6.31. The maximum absolute atomic E-state index is 13.9. The lowest BCUT2D eigenvalue weighted by atomic mass is 10.2. The molecule has 0 aromatic heterocycles. The Morgan fingerprint density at radius 2 is 2.11 bits per heavy atom. The molecule has 1 heterocycles. The van der Waals surface area contributed by atoms with Crippen molar-refractivity contribution < 1.29 is 18.6 Å². The highest BCUT2D eigenvalue weighted by atomic mass is 35.5. The van der Waals surface area contributed by atoms with E-state index in [-0.39, 0.29) is 12.4 Å². The van der Waals surface area contributed by atoms with Gasteiger partial charge in [-0.3, -0.25) is 0 Å². The Morgan fingerprint density at radius 1 is 1.22 bits per heavy atom. The van der Waals surface area contributed by atoms with Crippen molar-refractivity contribution in [3.63, 3.8) is 0 Å². The zero-order valence-corrected chi connectivity index (χ0v) is 16.2. The molecule has 0 spiro atoms. The SMILES string of the molecule is CCOc1cc(CNC[C@H]2CCCO2)ccc1OCc1c(F)cccc1Cl. The second kappa shape index (κ2) is 9.93. The molecule has 1 aliphatic heterocycles. The third-order valence-electron chi connectivity index (χ3n) is 4.47. The first-order chi connectivity index (χ1) is 13.2. The van der Waals surface area contributed by atoms with E-state index in [2.05, 4.69) is 5.32 Å². The van der Waals surface area contributed by atoms with E-state index in [1.54, 1.807) is 12.1 Å². The Hall–Kier alpha value is -1.82. The summed E-state index contributed by atoms with van der Waals surface area (Å²) >= 11 is 6.06. The van der Waals surface area contributed by atoms with Gasteiger partial charge in [-0.2, -0.15) is 0 Å². The third-order valence-corrected chi connectivity index (χ3v) is 4.82. The molecule has 6 heteroatoms. The van der Waals surface area contributed by atoms with Gasteiger partial charge in [-0.1, -0.05) is 23.7 Å². The van der Waals surface area contributed by atoms with Gasteiger partial charge in [-0.15, -0.1) is 0 Å². The van der Waals surface area contributed by atoms with E-state index in [0.29, 0.717) is 34.8 Å². The van der Waals surface area contributed by atoms with Crippen LogP contribution in [0, 0.1) is 5.82 Å². The fourth-order valence-electron chi connectivity index (χ4n) is 3.05. The number of halogens is 2. The van der Waals surface area contributed by atoms with Gasteiger partial charge in [0.05, 0.1) is 17.7 Å². The second-order valence-electron chi connectivity index (χ2n) is 6.47. The van der Waals surface area contributed by atoms with Gasteiger partial charge in [0.25, 0.3) is 0 Å². The monoisotopic (exact) mass is 393 g/mol. The van der Waals surface area contributed by atoms with Crippen LogP contribution in [-0.4, -0.2) is 25.9 Å². The van der Waals surface area contributed by atoms with Gasteiger partial charge in [-0.25, -0.2) is 4.39 Å². The van der Waals surface area contributed by atoms with E-state index < -0.39 is 0 Å². The predicted molar refractivity (Wildman–Crippen MR) is 104 cm³/mol. The minimum absolute atomic E-state index is 0.0438. The number of benzene rings is 2. The summed E-state index contributed by atoms with van der Waals surface area (Å²) in [5.41, 5.74) is 1.43. The fraction of sp³-hybridized carbons (Fsp3) is 0.429. The Morgan fingerprint density at radius 3 is 2.85 bits per heavy atom. The molecule has 0 bridgehead atoms. The van der Waals surface area contributed by atoms with Gasteiger partial charge >= 0.3 is 0 Å². The van der Waals surface area contributed by atoms with Crippen molar-refractivity contribution >= 4 is 11.6 Å². The molecule has 3 rings (SSSR count). The zero-order chi connectivity index (χ0) is 19.1. The molecule has 1 saturated heterocycles. The molecular formula is C21H25ClFNO3. The molecule has 0 amide bonds. The van der Waals surface area contributed by atoms with Crippen molar-refractivity contribution in [1.29, 1.82) is 0 Å². The summed E-state index contributed by atoms with van der Waals surface area (Å²) in [6, 6.07) is 10.4. The summed E-state index contributed by atoms with van der Waals surface area (Å²) in [7, 11) is 0. The first-order valence-corrected chi connectivity index (χ1v) is 9.69. The van der Waals surface area contributed by atoms with E-state index in [1.807, 2.05) is 25.1 Å². The Bertz CT molecular complexity index is 730. The van der Waals surface area contributed by atoms with E-state index in [9.17, 15) is 4.39 Å². The quantitative estimate of drug-likeness (QED) is 0.668. The van der Waals surface area contributed by atoms with Crippen molar-refractivity contribution in [2.75, 3.05) is 19.8 Å². The van der Waals surface area contributed by atoms with Crippen molar-refractivity contribution in [2.24, 2.45) is 0 Å². The smallest absolute Gasteiger partial charge is 0.161 e. The van der Waals surface area contributed by atoms with Gasteiger partial charge in [0.2, 0.25) is 0 Å². The Kier molecular flexibility index (Phi) is 7.33. The molecule has 2 aromatic carbocycles. The van der Waals surface area contributed by atoms with Crippen molar-refractivity contribution in [3.05, 3.63) is 58.4 Å². The molecule has 2 aromatic rings. The molecule has 1 N–H and O–H groups in total. The molecule has 0 unspecified atom stereocenters. The second-order valence-corrected chi connectivity index (χ2v) is 6.88. The summed E-state index contributed by atoms with van der Waals surface area (Å²) in [4.78, 5) is 0. The largest absolute Gasteiger partial charge is 0.490 e. The number of ether oxygens (including phenoxy) is 3. The van der Waals surface area contributed by atoms with Gasteiger partial charge < -0.3 is 19.5 Å². The number of hydrogen-bond acceptors (Lipinski definition) is 4. The van der Waals surface area contributed by atoms with Crippen LogP contribution in [0.3, 0.4) is 0 Å². The maximum Gasteiger partial charge on any atom is 0.161 e. The van der Waals surface area contributed by atoms with Crippen molar-refractivity contribution in [2.45, 2.75) is 39.0 Å². The van der Waals surface area contributed by atoms with Crippen molar-refractivity contribution in [3.8, 4) is 11.5 Å². The van der Waals surface area contributed by atoms with Crippen molar-refractivity contribution in [1.82, 2.24) is 5.32 Å². The summed E-state index contributed by atoms with van der Waals surface area (Å²) < 4.78 is 31.0. The molecule has 146 valence electrons. The van der Waals surface area contributed by atoms with Crippen LogP contribution in [0.2, 0.25) is 5.02 Å². The molecule has 0 aliphatic carbocycles. The van der Waals surface area contributed by atoms with Crippen LogP contribution in [0.25, 0.3) is 0 Å². The predicted octanol–water partition coefficient (Wildman–Crippen LogP) is 4.73. The topological polar surface area (TPSA) is 39.7 Å². The molecule has 1 aliphatic rings. The van der Waals surface area contributed by atoms with Gasteiger partial charge in [0, 0.05) is 25.3 Å². The van der Waals surface area contributed by atoms with Crippen LogP contribution in [0.4, 0.5) is 4.39 Å². The van der Waals surface area contributed by atoms with Gasteiger partial charge in [0.1, 0.15) is 12.4 Å². The van der Waals surface area contributed by atoms with E-state index in [1.165, 1.54) is 6.07 Å². The summed E-state index contributed by atoms with van der Waals surface area (Å²) in [6.45, 7) is 4.90. The van der Waals surface area contributed by atoms with Crippen LogP contribution in [0.1, 0.15) is 30.9 Å². The van der Waals surface area contributed by atoms with Crippen LogP contribution < -0.4 is 14.8 Å². The van der Waals surface area contributed by atoms with Crippen LogP contribution >= 0.6 is 11.6 Å². The summed E-state index contributed by atoms with van der Waals surface area (Å²) in [5.74, 6) is 0.829. The van der Waals surface area contributed by atoms with Gasteiger partial charge in [0.15, 0.2) is 11.5 Å². The zero-order valence-electron chi connectivity index (χ0n) is 15.5. The Labute approximate surface area is 164 Å². The average Bonchev–Trinajstić information content (AvgIpc) is 3.16. The molecule has 1 atom stereocenters. The normalized spacial score (nSPS) is 16.5. The molecular weight excluding hydrogens is 369 g/mol.